The van der Waals surface area contributed by atoms with E-state index in [1.165, 1.54) is 19.3 Å². The Bertz CT molecular complexity index is 861. The summed E-state index contributed by atoms with van der Waals surface area (Å²) in [5, 5.41) is 11.7. The summed E-state index contributed by atoms with van der Waals surface area (Å²) in [5.41, 5.74) is -0.0266. The number of hydrogen-bond acceptors (Lipinski definition) is 3. The Balaban J connectivity index is 1.34. The van der Waals surface area contributed by atoms with Gasteiger partial charge < -0.3 is 9.53 Å². The topological polar surface area (TPSA) is 46.5 Å². The lowest BCUT2D eigenvalue weighted by Crippen LogP contribution is -2.64. The highest BCUT2D eigenvalue weighted by Crippen LogP contribution is 2.86. The van der Waals surface area contributed by atoms with Crippen LogP contribution in [0.2, 0.25) is 18.1 Å². The number of aliphatic hydroxyl groups excluding tert-OH is 1. The number of carbonyl (C=O) groups is 1. The fraction of sp³-hybridized carbons (Fsp3) is 0.962. The van der Waals surface area contributed by atoms with E-state index in [1.54, 1.807) is 0 Å². The van der Waals surface area contributed by atoms with Crippen molar-refractivity contribution >= 4 is 14.1 Å². The van der Waals surface area contributed by atoms with Crippen LogP contribution in [0.5, 0.6) is 0 Å². The normalized spacial score (nSPS) is 60.6. The SMILES string of the molecule is CC(C)(C)[Si](C)(C)O[C@]12CC[C@@]3(C)[C@@H]4C[C@@H]5C6C(=O)[C@@]4(CC[C@@H]3[C@@]1(C)C2)[C@H](O)[C@@]65C. The highest BCUT2D eigenvalue weighted by Gasteiger charge is 2.88. The molecule has 168 valence electrons. The average molecular weight is 431 g/mol. The summed E-state index contributed by atoms with van der Waals surface area (Å²) < 4.78 is 7.18. The molecule has 0 aromatic carbocycles. The summed E-state index contributed by atoms with van der Waals surface area (Å²) in [5.74, 6) is 2.08. The zero-order valence-electron chi connectivity index (χ0n) is 20.4. The van der Waals surface area contributed by atoms with Crippen molar-refractivity contribution < 1.29 is 14.3 Å². The Morgan fingerprint density at radius 1 is 1.07 bits per heavy atom. The van der Waals surface area contributed by atoms with Gasteiger partial charge in [-0.1, -0.05) is 41.5 Å². The molecular formula is C26H42O3Si. The molecule has 7 aliphatic rings. The van der Waals surface area contributed by atoms with Gasteiger partial charge in [0.15, 0.2) is 8.32 Å². The summed E-state index contributed by atoms with van der Waals surface area (Å²) in [6.45, 7) is 19.1. The molecule has 4 heteroatoms. The van der Waals surface area contributed by atoms with Crippen LogP contribution >= 0.6 is 0 Å². The molecule has 30 heavy (non-hydrogen) atoms. The van der Waals surface area contributed by atoms with E-state index in [2.05, 4.69) is 54.6 Å². The first-order valence-corrected chi connectivity index (χ1v) is 15.5. The van der Waals surface area contributed by atoms with Crippen LogP contribution in [0.1, 0.15) is 80.1 Å². The molecule has 0 aromatic heterocycles. The van der Waals surface area contributed by atoms with Gasteiger partial charge >= 0.3 is 0 Å². The highest BCUT2D eigenvalue weighted by molar-refractivity contribution is 6.74. The third kappa shape index (κ3) is 1.82. The van der Waals surface area contributed by atoms with Gasteiger partial charge in [0.05, 0.1) is 17.1 Å². The minimum atomic E-state index is -1.82. The minimum absolute atomic E-state index is 0.0677. The maximum absolute atomic E-state index is 13.6. The van der Waals surface area contributed by atoms with Gasteiger partial charge in [-0.3, -0.25) is 4.79 Å². The molecule has 1 unspecified atom stereocenters. The maximum Gasteiger partial charge on any atom is 0.192 e. The Morgan fingerprint density at radius 2 is 1.73 bits per heavy atom. The number of Topliss-reactive ketones (excluding diaryl/α,β-unsaturated/α-hetero) is 1. The Kier molecular flexibility index (Phi) is 3.40. The monoisotopic (exact) mass is 430 g/mol. The number of fused-ring (bicyclic) bond motifs is 3. The summed E-state index contributed by atoms with van der Waals surface area (Å²) in [6.07, 6.45) is 6.32. The van der Waals surface area contributed by atoms with Gasteiger partial charge in [-0.15, -0.1) is 0 Å². The summed E-state index contributed by atoms with van der Waals surface area (Å²) in [4.78, 5) is 13.6. The van der Waals surface area contributed by atoms with E-state index in [1.807, 2.05) is 0 Å². The van der Waals surface area contributed by atoms with Gasteiger partial charge in [-0.2, -0.15) is 0 Å². The molecule has 1 N–H and O–H groups in total. The molecule has 0 amide bonds. The minimum Gasteiger partial charge on any atom is -0.411 e. The van der Waals surface area contributed by atoms with Crippen molar-refractivity contribution in [1.29, 1.82) is 0 Å². The van der Waals surface area contributed by atoms with Crippen LogP contribution in [0.4, 0.5) is 0 Å². The number of ketones is 1. The van der Waals surface area contributed by atoms with E-state index in [-0.39, 0.29) is 32.8 Å². The van der Waals surface area contributed by atoms with Crippen LogP contribution in [0, 0.1) is 45.3 Å². The third-order valence-electron chi connectivity index (χ3n) is 12.8. The van der Waals surface area contributed by atoms with Crippen molar-refractivity contribution in [2.75, 3.05) is 0 Å². The molecule has 10 atom stereocenters. The summed E-state index contributed by atoms with van der Waals surface area (Å²) in [7, 11) is -1.82. The van der Waals surface area contributed by atoms with Crippen molar-refractivity contribution in [2.24, 2.45) is 45.3 Å². The number of hydrogen-bond donors (Lipinski definition) is 1. The predicted octanol–water partition coefficient (Wildman–Crippen LogP) is 5.57. The van der Waals surface area contributed by atoms with E-state index >= 15 is 0 Å². The molecule has 0 saturated heterocycles. The van der Waals surface area contributed by atoms with Gasteiger partial charge in [0.25, 0.3) is 0 Å². The van der Waals surface area contributed by atoms with Gasteiger partial charge in [0.1, 0.15) is 5.78 Å². The lowest BCUT2D eigenvalue weighted by atomic mass is 9.40. The maximum atomic E-state index is 13.6. The molecular weight excluding hydrogens is 388 g/mol. The Morgan fingerprint density at radius 3 is 2.30 bits per heavy atom. The third-order valence-corrected chi connectivity index (χ3v) is 17.3. The molecule has 7 aliphatic carbocycles. The van der Waals surface area contributed by atoms with Crippen LogP contribution in [-0.4, -0.2) is 30.9 Å². The first kappa shape index (κ1) is 20.4. The zero-order chi connectivity index (χ0) is 21.9. The molecule has 7 saturated carbocycles. The van der Waals surface area contributed by atoms with Crippen LogP contribution < -0.4 is 0 Å². The summed E-state index contributed by atoms with van der Waals surface area (Å²) in [6, 6.07) is 0. The van der Waals surface area contributed by atoms with Crippen molar-refractivity contribution in [3.05, 3.63) is 0 Å². The second kappa shape index (κ2) is 4.99. The van der Waals surface area contributed by atoms with Crippen molar-refractivity contribution in [3.8, 4) is 0 Å². The Hall–Kier alpha value is -0.193. The molecule has 0 aliphatic heterocycles. The molecule has 4 bridgehead atoms. The van der Waals surface area contributed by atoms with Crippen LogP contribution in [0.15, 0.2) is 0 Å². The second-order valence-electron chi connectivity index (χ2n) is 14.6. The molecule has 1 spiro atoms. The van der Waals surface area contributed by atoms with E-state index in [0.717, 1.165) is 19.3 Å². The van der Waals surface area contributed by atoms with Crippen LogP contribution in [-0.2, 0) is 9.22 Å². The smallest absolute Gasteiger partial charge is 0.192 e. The standard InChI is InChI=1S/C26H42O3Si/c1-21(2,3)30(7,8)29-25-12-11-22(4)16(23(25,5)14-25)9-10-26-17(22)13-15-18(19(26)27)24(15,6)20(26)28/h15-18,20,28H,9-14H2,1-8H3/t15-,16+,17+,18?,20-,22-,23-,24-,25+,26+/m1/s1. The van der Waals surface area contributed by atoms with Gasteiger partial charge in [-0.25, -0.2) is 0 Å². The average Bonchev–Trinajstić information content (AvgIpc) is 3.42. The van der Waals surface area contributed by atoms with Crippen molar-refractivity contribution in [2.45, 2.75) is 110 Å². The number of carbonyl (C=O) groups excluding carboxylic acids is 1. The lowest BCUT2D eigenvalue weighted by Gasteiger charge is -2.64. The fourth-order valence-electron chi connectivity index (χ4n) is 9.98. The highest BCUT2D eigenvalue weighted by atomic mass is 28.4. The van der Waals surface area contributed by atoms with Gasteiger partial charge in [-0.05, 0) is 79.8 Å². The van der Waals surface area contributed by atoms with Crippen molar-refractivity contribution in [3.63, 3.8) is 0 Å². The summed E-state index contributed by atoms with van der Waals surface area (Å²) >= 11 is 0. The molecule has 3 nitrogen and oxygen atoms in total. The second-order valence-corrected chi connectivity index (χ2v) is 19.3. The lowest BCUT2D eigenvalue weighted by molar-refractivity contribution is -0.198. The van der Waals surface area contributed by atoms with Crippen LogP contribution in [0.25, 0.3) is 0 Å². The number of rotatable bonds is 2. The largest absolute Gasteiger partial charge is 0.411 e. The van der Waals surface area contributed by atoms with E-state index in [4.69, 9.17) is 4.43 Å². The Labute approximate surface area is 183 Å². The van der Waals surface area contributed by atoms with E-state index in [9.17, 15) is 9.90 Å². The van der Waals surface area contributed by atoms with Gasteiger partial charge in [0.2, 0.25) is 0 Å². The molecule has 0 heterocycles. The molecule has 0 radical (unpaired) electrons. The van der Waals surface area contributed by atoms with E-state index in [0.29, 0.717) is 23.5 Å². The number of aliphatic hydroxyl groups is 1. The molecule has 7 fully saturated rings. The van der Waals surface area contributed by atoms with Crippen LogP contribution in [0.3, 0.4) is 0 Å². The molecule has 0 aromatic rings. The quantitative estimate of drug-likeness (QED) is 0.583. The first-order chi connectivity index (χ1) is 13.6. The fourth-order valence-corrected chi connectivity index (χ4v) is 11.7. The molecule has 7 rings (SSSR count). The zero-order valence-corrected chi connectivity index (χ0v) is 21.4. The van der Waals surface area contributed by atoms with Crippen molar-refractivity contribution in [1.82, 2.24) is 0 Å². The van der Waals surface area contributed by atoms with Gasteiger partial charge in [0, 0.05) is 16.7 Å². The first-order valence-electron chi connectivity index (χ1n) is 12.5. The van der Waals surface area contributed by atoms with E-state index < -0.39 is 19.8 Å². The predicted molar refractivity (Wildman–Crippen MR) is 120 cm³/mol.